The summed E-state index contributed by atoms with van der Waals surface area (Å²) in [6, 6.07) is 0. The molecule has 13 heavy (non-hydrogen) atoms. The fourth-order valence-electron chi connectivity index (χ4n) is 0.731. The monoisotopic (exact) mass is 187 g/mol. The highest BCUT2D eigenvalue weighted by Crippen LogP contribution is 1.95. The van der Waals surface area contributed by atoms with Crippen LogP contribution in [0.25, 0.3) is 0 Å². The highest BCUT2D eigenvalue weighted by molar-refractivity contribution is 4.73. The van der Waals surface area contributed by atoms with Crippen molar-refractivity contribution in [2.24, 2.45) is 5.92 Å². The Morgan fingerprint density at radius 3 is 2.62 bits per heavy atom. The summed E-state index contributed by atoms with van der Waals surface area (Å²) in [6.07, 6.45) is 1.89. The molecule has 0 aromatic rings. The molecule has 3 nitrogen and oxygen atoms in total. The molecule has 1 N–H and O–H groups in total. The van der Waals surface area contributed by atoms with E-state index >= 15 is 0 Å². The third-order valence-electron chi connectivity index (χ3n) is 1.65. The van der Waals surface area contributed by atoms with E-state index in [1.54, 1.807) is 0 Å². The smallest absolute Gasteiger partial charge is 0.0701 e. The maximum Gasteiger partial charge on any atom is 0.0701 e. The van der Waals surface area contributed by atoms with Crippen molar-refractivity contribution in [2.45, 2.75) is 6.92 Å². The first kappa shape index (κ1) is 12.6. The second kappa shape index (κ2) is 9.71. The van der Waals surface area contributed by atoms with Crippen LogP contribution in [-0.2, 0) is 9.47 Å². The Hall–Kier alpha value is -0.380. The highest BCUT2D eigenvalue weighted by Gasteiger charge is 1.95. The Balaban J connectivity index is 2.95. The number of rotatable bonds is 9. The molecule has 0 fully saturated rings. The topological polar surface area (TPSA) is 30.5 Å². The van der Waals surface area contributed by atoms with Crippen molar-refractivity contribution >= 4 is 0 Å². The summed E-state index contributed by atoms with van der Waals surface area (Å²) in [7, 11) is 1.91. The van der Waals surface area contributed by atoms with Crippen LogP contribution in [0.15, 0.2) is 12.7 Å². The van der Waals surface area contributed by atoms with Crippen LogP contribution in [0.4, 0.5) is 0 Å². The van der Waals surface area contributed by atoms with Gasteiger partial charge < -0.3 is 14.8 Å². The van der Waals surface area contributed by atoms with Gasteiger partial charge in [-0.15, -0.1) is 6.58 Å². The second-order valence-corrected chi connectivity index (χ2v) is 3.00. The number of hydrogen-bond acceptors (Lipinski definition) is 3. The average molecular weight is 187 g/mol. The summed E-state index contributed by atoms with van der Waals surface area (Å²) in [4.78, 5) is 0. The summed E-state index contributed by atoms with van der Waals surface area (Å²) < 4.78 is 10.6. The first-order valence-corrected chi connectivity index (χ1v) is 4.74. The minimum atomic E-state index is 0.428. The van der Waals surface area contributed by atoms with Gasteiger partial charge >= 0.3 is 0 Å². The van der Waals surface area contributed by atoms with Gasteiger partial charge in [-0.25, -0.2) is 0 Å². The number of nitrogens with one attached hydrogen (secondary N) is 1. The fourth-order valence-corrected chi connectivity index (χ4v) is 0.731. The predicted molar refractivity (Wildman–Crippen MR) is 54.9 cm³/mol. The van der Waals surface area contributed by atoms with Gasteiger partial charge in [0.1, 0.15) is 0 Å². The molecule has 0 amide bonds. The summed E-state index contributed by atoms with van der Waals surface area (Å²) in [5, 5.41) is 3.01. The maximum atomic E-state index is 5.35. The first-order valence-electron chi connectivity index (χ1n) is 4.74. The van der Waals surface area contributed by atoms with E-state index in [-0.39, 0.29) is 0 Å². The van der Waals surface area contributed by atoms with Crippen LogP contribution in [0.5, 0.6) is 0 Å². The molecule has 0 aliphatic carbocycles. The number of hydrogen-bond donors (Lipinski definition) is 1. The van der Waals surface area contributed by atoms with Crippen molar-refractivity contribution in [3.05, 3.63) is 12.7 Å². The molecule has 1 unspecified atom stereocenters. The third kappa shape index (κ3) is 9.53. The van der Waals surface area contributed by atoms with E-state index < -0.39 is 0 Å². The minimum Gasteiger partial charge on any atom is -0.378 e. The van der Waals surface area contributed by atoms with Gasteiger partial charge in [0.25, 0.3) is 0 Å². The van der Waals surface area contributed by atoms with Crippen LogP contribution in [0.2, 0.25) is 0 Å². The average Bonchev–Trinajstić information content (AvgIpc) is 2.16. The Bertz CT molecular complexity index is 117. The number of likely N-dealkylation sites (N-methyl/N-ethyl adjacent to an activating group) is 1. The van der Waals surface area contributed by atoms with Crippen molar-refractivity contribution in [3.8, 4) is 0 Å². The van der Waals surface area contributed by atoms with Crippen molar-refractivity contribution in [1.29, 1.82) is 0 Å². The molecule has 78 valence electrons. The Labute approximate surface area is 81.1 Å². The number of ether oxygens (including phenoxy) is 2. The van der Waals surface area contributed by atoms with E-state index in [2.05, 4.69) is 18.8 Å². The lowest BCUT2D eigenvalue weighted by Crippen LogP contribution is -2.16. The van der Waals surface area contributed by atoms with E-state index in [1.165, 1.54) is 0 Å². The summed E-state index contributed by atoms with van der Waals surface area (Å²) in [5.41, 5.74) is 0. The van der Waals surface area contributed by atoms with Gasteiger partial charge in [-0.2, -0.15) is 0 Å². The lowest BCUT2D eigenvalue weighted by atomic mass is 10.2. The molecular weight excluding hydrogens is 166 g/mol. The summed E-state index contributed by atoms with van der Waals surface area (Å²) >= 11 is 0. The molecule has 0 aromatic carbocycles. The molecule has 3 heteroatoms. The Kier molecular flexibility index (Phi) is 9.42. The standard InChI is InChI=1S/C10H21NO2/c1-4-10(2)9-13-8-7-12-6-5-11-3/h4,10-11H,1,5-9H2,2-3H3. The zero-order valence-corrected chi connectivity index (χ0v) is 8.71. The molecule has 0 aliphatic heterocycles. The normalized spacial score (nSPS) is 12.8. The first-order chi connectivity index (χ1) is 6.31. The van der Waals surface area contributed by atoms with Crippen molar-refractivity contribution in [3.63, 3.8) is 0 Å². The molecule has 1 atom stereocenters. The van der Waals surface area contributed by atoms with Gasteiger partial charge in [0.15, 0.2) is 0 Å². The minimum absolute atomic E-state index is 0.428. The molecule has 0 radical (unpaired) electrons. The molecule has 0 bridgehead atoms. The molecule has 0 aromatic heterocycles. The largest absolute Gasteiger partial charge is 0.378 e. The van der Waals surface area contributed by atoms with Crippen LogP contribution >= 0.6 is 0 Å². The molecule has 0 aliphatic rings. The van der Waals surface area contributed by atoms with Gasteiger partial charge in [-0.1, -0.05) is 13.0 Å². The highest BCUT2D eigenvalue weighted by atomic mass is 16.5. The third-order valence-corrected chi connectivity index (χ3v) is 1.65. The van der Waals surface area contributed by atoms with Crippen molar-refractivity contribution in [2.75, 3.05) is 40.0 Å². The molecular formula is C10H21NO2. The molecule has 0 spiro atoms. The SMILES string of the molecule is C=CC(C)COCCOCCNC. The predicted octanol–water partition coefficient (Wildman–Crippen LogP) is 1.06. The van der Waals surface area contributed by atoms with E-state index in [9.17, 15) is 0 Å². The second-order valence-electron chi connectivity index (χ2n) is 3.00. The summed E-state index contributed by atoms with van der Waals surface area (Å²) in [6.45, 7) is 9.47. The van der Waals surface area contributed by atoms with Crippen LogP contribution in [0, 0.1) is 5.92 Å². The van der Waals surface area contributed by atoms with E-state index in [0.29, 0.717) is 19.1 Å². The lowest BCUT2D eigenvalue weighted by Gasteiger charge is -2.07. The zero-order chi connectivity index (χ0) is 9.94. The van der Waals surface area contributed by atoms with Crippen LogP contribution in [0.1, 0.15) is 6.92 Å². The van der Waals surface area contributed by atoms with Crippen LogP contribution in [-0.4, -0.2) is 40.0 Å². The van der Waals surface area contributed by atoms with E-state index in [4.69, 9.17) is 9.47 Å². The molecule has 0 heterocycles. The van der Waals surface area contributed by atoms with Gasteiger partial charge in [-0.3, -0.25) is 0 Å². The Morgan fingerprint density at radius 2 is 2.00 bits per heavy atom. The summed E-state index contributed by atoms with van der Waals surface area (Å²) in [5.74, 6) is 0.428. The lowest BCUT2D eigenvalue weighted by molar-refractivity contribution is 0.0421. The van der Waals surface area contributed by atoms with E-state index in [0.717, 1.165) is 19.8 Å². The van der Waals surface area contributed by atoms with Gasteiger partial charge in [0.2, 0.25) is 0 Å². The quantitative estimate of drug-likeness (QED) is 0.432. The fraction of sp³-hybridized carbons (Fsp3) is 0.800. The Morgan fingerprint density at radius 1 is 1.31 bits per heavy atom. The molecule has 0 rings (SSSR count). The van der Waals surface area contributed by atoms with E-state index in [1.807, 2.05) is 13.1 Å². The van der Waals surface area contributed by atoms with Crippen LogP contribution in [0.3, 0.4) is 0 Å². The van der Waals surface area contributed by atoms with Crippen LogP contribution < -0.4 is 5.32 Å². The molecule has 0 saturated carbocycles. The van der Waals surface area contributed by atoms with Crippen molar-refractivity contribution < 1.29 is 9.47 Å². The van der Waals surface area contributed by atoms with Crippen molar-refractivity contribution in [1.82, 2.24) is 5.32 Å². The zero-order valence-electron chi connectivity index (χ0n) is 8.71. The van der Waals surface area contributed by atoms with Gasteiger partial charge in [0.05, 0.1) is 26.4 Å². The maximum absolute atomic E-state index is 5.35. The molecule has 0 saturated heterocycles. The van der Waals surface area contributed by atoms with Gasteiger partial charge in [0, 0.05) is 6.54 Å². The van der Waals surface area contributed by atoms with Gasteiger partial charge in [-0.05, 0) is 13.0 Å².